The number of amides is 2. The van der Waals surface area contributed by atoms with Crippen LogP contribution in [0.25, 0.3) is 5.65 Å². The summed E-state index contributed by atoms with van der Waals surface area (Å²) in [5.41, 5.74) is 4.26. The molecule has 4 rings (SSSR count). The number of hydrogen-bond acceptors (Lipinski definition) is 5. The van der Waals surface area contributed by atoms with Crippen LogP contribution in [0.2, 0.25) is 0 Å². The molecule has 0 unspecified atom stereocenters. The fraction of sp³-hybridized carbons (Fsp3) is 0.440. The summed E-state index contributed by atoms with van der Waals surface area (Å²) in [7, 11) is 0. The van der Waals surface area contributed by atoms with Crippen LogP contribution < -0.4 is 10.6 Å². The van der Waals surface area contributed by atoms with Gasteiger partial charge in [0.15, 0.2) is 5.65 Å². The number of anilines is 1. The normalized spacial score (nSPS) is 20.7. The number of nitrogens with zero attached hydrogens (tertiary/aromatic N) is 3. The summed E-state index contributed by atoms with van der Waals surface area (Å²) in [4.78, 5) is 29.4. The molecule has 2 amide bonds. The van der Waals surface area contributed by atoms with Gasteiger partial charge in [-0.05, 0) is 44.7 Å². The number of aryl methyl sites for hydroxylation is 2. The summed E-state index contributed by atoms with van der Waals surface area (Å²) in [6.07, 6.45) is 2.73. The second-order valence-corrected chi connectivity index (χ2v) is 9.15. The average molecular weight is 450 g/mol. The van der Waals surface area contributed by atoms with E-state index in [1.165, 1.54) is 6.92 Å². The number of rotatable bonds is 5. The summed E-state index contributed by atoms with van der Waals surface area (Å²) >= 11 is 0. The van der Waals surface area contributed by atoms with E-state index in [2.05, 4.69) is 34.6 Å². The molecule has 8 nitrogen and oxygen atoms in total. The minimum Gasteiger partial charge on any atom is -0.370 e. The molecular formula is C25H31N5O3. The Kier molecular flexibility index (Phi) is 6.47. The topological polar surface area (TPSA) is 97.6 Å². The van der Waals surface area contributed by atoms with Gasteiger partial charge in [0.2, 0.25) is 5.91 Å². The lowest BCUT2D eigenvalue weighted by Gasteiger charge is -2.38. The number of benzene rings is 1. The Hall–Kier alpha value is -3.26. The van der Waals surface area contributed by atoms with Crippen LogP contribution in [0.3, 0.4) is 0 Å². The first-order valence-electron chi connectivity index (χ1n) is 11.4. The van der Waals surface area contributed by atoms with E-state index in [1.807, 2.05) is 44.2 Å². The number of fused-ring (bicyclic) bond motifs is 1. The number of nitrogens with one attached hydrogen (secondary N) is 2. The molecule has 8 heteroatoms. The van der Waals surface area contributed by atoms with Crippen molar-refractivity contribution in [3.63, 3.8) is 0 Å². The Morgan fingerprint density at radius 2 is 1.94 bits per heavy atom. The van der Waals surface area contributed by atoms with E-state index in [0.717, 1.165) is 23.4 Å². The summed E-state index contributed by atoms with van der Waals surface area (Å²) in [5, 5.41) is 10.4. The van der Waals surface area contributed by atoms with E-state index in [1.54, 1.807) is 10.7 Å². The van der Waals surface area contributed by atoms with Gasteiger partial charge in [0.1, 0.15) is 5.56 Å². The van der Waals surface area contributed by atoms with Gasteiger partial charge < -0.3 is 15.4 Å². The van der Waals surface area contributed by atoms with Crippen molar-refractivity contribution >= 4 is 23.1 Å². The highest BCUT2D eigenvalue weighted by Gasteiger charge is 2.33. The van der Waals surface area contributed by atoms with Crippen molar-refractivity contribution in [1.29, 1.82) is 0 Å². The quantitative estimate of drug-likeness (QED) is 0.614. The minimum atomic E-state index is -0.274. The van der Waals surface area contributed by atoms with Crippen molar-refractivity contribution in [2.45, 2.75) is 65.7 Å². The molecule has 3 aromatic rings. The number of para-hydroxylation sites is 1. The van der Waals surface area contributed by atoms with Gasteiger partial charge in [0.25, 0.3) is 5.91 Å². The third-order valence-corrected chi connectivity index (χ3v) is 6.08. The molecular weight excluding hydrogens is 418 g/mol. The predicted octanol–water partition coefficient (Wildman–Crippen LogP) is 3.98. The molecule has 0 saturated carbocycles. The van der Waals surface area contributed by atoms with E-state index in [-0.39, 0.29) is 30.1 Å². The summed E-state index contributed by atoms with van der Waals surface area (Å²) in [6, 6.07) is 9.61. The zero-order valence-electron chi connectivity index (χ0n) is 19.8. The molecule has 1 saturated heterocycles. The number of carbonyl (C=O) groups excluding carboxylic acids is 2. The molecule has 174 valence electrons. The van der Waals surface area contributed by atoms with Gasteiger partial charge in [-0.2, -0.15) is 5.10 Å². The molecule has 0 bridgehead atoms. The highest BCUT2D eigenvalue weighted by Crippen LogP contribution is 2.37. The maximum absolute atomic E-state index is 13.2. The number of ether oxygens (including phenoxy) is 1. The van der Waals surface area contributed by atoms with Crippen molar-refractivity contribution in [2.75, 3.05) is 5.32 Å². The molecule has 3 heterocycles. The zero-order valence-corrected chi connectivity index (χ0v) is 19.8. The molecule has 0 aliphatic carbocycles. The van der Waals surface area contributed by atoms with E-state index in [4.69, 9.17) is 4.74 Å². The van der Waals surface area contributed by atoms with Crippen molar-refractivity contribution < 1.29 is 14.3 Å². The molecule has 1 aliphatic rings. The lowest BCUT2D eigenvalue weighted by atomic mass is 9.89. The minimum absolute atomic E-state index is 0.0131. The monoisotopic (exact) mass is 449 g/mol. The molecule has 1 aromatic carbocycles. The molecule has 0 spiro atoms. The van der Waals surface area contributed by atoms with Gasteiger partial charge >= 0.3 is 0 Å². The third kappa shape index (κ3) is 4.90. The Balaban J connectivity index is 1.62. The summed E-state index contributed by atoms with van der Waals surface area (Å²) < 4.78 is 8.10. The third-order valence-electron chi connectivity index (χ3n) is 6.08. The van der Waals surface area contributed by atoms with E-state index >= 15 is 0 Å². The molecule has 1 aliphatic heterocycles. The highest BCUT2D eigenvalue weighted by atomic mass is 16.5. The lowest BCUT2D eigenvalue weighted by Crippen LogP contribution is -2.43. The van der Waals surface area contributed by atoms with Crippen molar-refractivity contribution in [3.8, 4) is 0 Å². The maximum Gasteiger partial charge on any atom is 0.261 e. The van der Waals surface area contributed by atoms with Crippen LogP contribution in [0.5, 0.6) is 0 Å². The van der Waals surface area contributed by atoms with Crippen LogP contribution in [-0.2, 0) is 9.53 Å². The van der Waals surface area contributed by atoms with Crippen molar-refractivity contribution in [3.05, 3.63) is 59.0 Å². The molecule has 2 aromatic heterocycles. The Bertz CT molecular complexity index is 1190. The molecule has 1 fully saturated rings. The molecule has 2 N–H and O–H groups in total. The SMILES string of the molecule is CC(=O)N[C@H]1C[C@@H](c2ccccc2NC(=O)c2cnn3c(C)cc(C)nc23)O[C@@H](C(C)C)C1. The van der Waals surface area contributed by atoms with Crippen LogP contribution in [0.15, 0.2) is 36.5 Å². The molecule has 33 heavy (non-hydrogen) atoms. The Morgan fingerprint density at radius 3 is 2.67 bits per heavy atom. The second kappa shape index (κ2) is 9.31. The van der Waals surface area contributed by atoms with Crippen LogP contribution in [0, 0.1) is 19.8 Å². The predicted molar refractivity (Wildman–Crippen MR) is 126 cm³/mol. The fourth-order valence-electron chi connectivity index (χ4n) is 4.50. The molecule has 0 radical (unpaired) electrons. The second-order valence-electron chi connectivity index (χ2n) is 9.15. The number of carbonyl (C=O) groups is 2. The van der Waals surface area contributed by atoms with Gasteiger partial charge in [0, 0.05) is 35.6 Å². The van der Waals surface area contributed by atoms with Crippen molar-refractivity contribution in [1.82, 2.24) is 19.9 Å². The maximum atomic E-state index is 13.2. The fourth-order valence-corrected chi connectivity index (χ4v) is 4.50. The number of hydrogen-bond donors (Lipinski definition) is 2. The first-order chi connectivity index (χ1) is 15.7. The average Bonchev–Trinajstić information content (AvgIpc) is 3.17. The van der Waals surface area contributed by atoms with Gasteiger partial charge in [-0.15, -0.1) is 0 Å². The summed E-state index contributed by atoms with van der Waals surface area (Å²) in [5.74, 6) is -0.0114. The van der Waals surface area contributed by atoms with Crippen LogP contribution >= 0.6 is 0 Å². The van der Waals surface area contributed by atoms with E-state index in [0.29, 0.717) is 29.2 Å². The van der Waals surface area contributed by atoms with Gasteiger partial charge in [-0.25, -0.2) is 9.50 Å². The Morgan fingerprint density at radius 1 is 1.18 bits per heavy atom. The van der Waals surface area contributed by atoms with Gasteiger partial charge in [-0.1, -0.05) is 32.0 Å². The number of aromatic nitrogens is 3. The van der Waals surface area contributed by atoms with Crippen LogP contribution in [0.1, 0.15) is 67.0 Å². The Labute approximate surface area is 193 Å². The standard InChI is InChI=1S/C25H31N5O3/c1-14(2)22-11-18(28-17(5)31)12-23(33-22)19-8-6-7-9-21(19)29-25(32)20-13-26-30-16(4)10-15(3)27-24(20)30/h6-10,13-14,18,22-23H,11-12H2,1-5H3,(H,28,31)(H,29,32)/t18-,22-,23+/m1/s1. The van der Waals surface area contributed by atoms with E-state index < -0.39 is 0 Å². The molecule has 3 atom stereocenters. The van der Waals surface area contributed by atoms with Gasteiger partial charge in [0.05, 0.1) is 18.4 Å². The smallest absolute Gasteiger partial charge is 0.261 e. The van der Waals surface area contributed by atoms with Gasteiger partial charge in [-0.3, -0.25) is 9.59 Å². The highest BCUT2D eigenvalue weighted by molar-refractivity contribution is 6.08. The van der Waals surface area contributed by atoms with Crippen molar-refractivity contribution in [2.24, 2.45) is 5.92 Å². The lowest BCUT2D eigenvalue weighted by molar-refractivity contribution is -0.123. The van der Waals surface area contributed by atoms with Crippen LogP contribution in [-0.4, -0.2) is 38.6 Å². The zero-order chi connectivity index (χ0) is 23.7. The van der Waals surface area contributed by atoms with Crippen LogP contribution in [0.4, 0.5) is 5.69 Å². The van der Waals surface area contributed by atoms with E-state index in [9.17, 15) is 9.59 Å². The first-order valence-corrected chi connectivity index (χ1v) is 11.4. The summed E-state index contributed by atoms with van der Waals surface area (Å²) in [6.45, 7) is 9.61. The first kappa shape index (κ1) is 22.9. The largest absolute Gasteiger partial charge is 0.370 e.